The van der Waals surface area contributed by atoms with Crippen LogP contribution in [0, 0.1) is 0 Å². The third kappa shape index (κ3) is 8.77. The Morgan fingerprint density at radius 2 is 1.57 bits per heavy atom. The van der Waals surface area contributed by atoms with E-state index in [-0.39, 0.29) is 24.5 Å². The largest absolute Gasteiger partial charge is 0.444 e. The first-order valence-electron chi connectivity index (χ1n) is 9.83. The summed E-state index contributed by atoms with van der Waals surface area (Å²) < 4.78 is 10.4. The Morgan fingerprint density at radius 1 is 0.867 bits per heavy atom. The van der Waals surface area contributed by atoms with Gasteiger partial charge in [-0.15, -0.1) is 0 Å². The maximum Gasteiger partial charge on any atom is 0.412 e. The van der Waals surface area contributed by atoms with E-state index in [0.29, 0.717) is 18.5 Å². The number of ether oxygens (including phenoxy) is 2. The Hall–Kier alpha value is -3.35. The molecule has 0 atom stereocenters. The molecule has 0 spiro atoms. The average Bonchev–Trinajstić information content (AvgIpc) is 2.67. The lowest BCUT2D eigenvalue weighted by Crippen LogP contribution is -2.33. The zero-order valence-corrected chi connectivity index (χ0v) is 17.6. The van der Waals surface area contributed by atoms with Gasteiger partial charge in [0.05, 0.1) is 0 Å². The van der Waals surface area contributed by atoms with Gasteiger partial charge in [-0.05, 0) is 44.9 Å². The second kappa shape index (κ2) is 11.0. The van der Waals surface area contributed by atoms with E-state index in [1.807, 2.05) is 30.3 Å². The highest BCUT2D eigenvalue weighted by Crippen LogP contribution is 2.15. The lowest BCUT2D eigenvalue weighted by Gasteiger charge is -2.19. The predicted molar refractivity (Wildman–Crippen MR) is 114 cm³/mol. The van der Waals surface area contributed by atoms with Crippen LogP contribution in [0.15, 0.2) is 54.6 Å². The van der Waals surface area contributed by atoms with Gasteiger partial charge in [-0.3, -0.25) is 4.79 Å². The van der Waals surface area contributed by atoms with Gasteiger partial charge in [-0.1, -0.05) is 42.5 Å². The molecule has 2 aromatic rings. The van der Waals surface area contributed by atoms with Crippen molar-refractivity contribution in [2.75, 3.05) is 13.1 Å². The van der Waals surface area contributed by atoms with Gasteiger partial charge in [-0.2, -0.15) is 0 Å². The quantitative estimate of drug-likeness (QED) is 0.636. The number of hydrogen-bond donors (Lipinski definition) is 2. The first-order valence-corrected chi connectivity index (χ1v) is 9.83. The highest BCUT2D eigenvalue weighted by atomic mass is 16.6. The monoisotopic (exact) mass is 412 g/mol. The minimum absolute atomic E-state index is 0.103. The molecule has 0 bridgehead atoms. The molecule has 0 aliphatic heterocycles. The number of Topliss-reactive ketones (excluding diaryl/α,β-unsaturated/α-hetero) is 1. The number of ketones is 1. The Balaban J connectivity index is 1.76. The van der Waals surface area contributed by atoms with E-state index in [2.05, 4.69) is 10.6 Å². The molecular formula is C23H28N2O5. The molecule has 0 aliphatic carbocycles. The zero-order valence-electron chi connectivity index (χ0n) is 17.6. The average molecular weight is 412 g/mol. The summed E-state index contributed by atoms with van der Waals surface area (Å²) in [4.78, 5) is 35.9. The third-order valence-electron chi connectivity index (χ3n) is 3.91. The number of rotatable bonds is 8. The molecule has 0 heterocycles. The van der Waals surface area contributed by atoms with Crippen LogP contribution in [0.4, 0.5) is 9.59 Å². The maximum atomic E-state index is 12.3. The van der Waals surface area contributed by atoms with E-state index < -0.39 is 17.8 Å². The van der Waals surface area contributed by atoms with Crippen LogP contribution >= 0.6 is 0 Å². The van der Waals surface area contributed by atoms with Gasteiger partial charge in [0.25, 0.3) is 0 Å². The number of nitrogens with one attached hydrogen (secondary N) is 2. The van der Waals surface area contributed by atoms with E-state index in [1.54, 1.807) is 39.0 Å². The first-order chi connectivity index (χ1) is 14.2. The smallest absolute Gasteiger partial charge is 0.412 e. The van der Waals surface area contributed by atoms with Crippen molar-refractivity contribution >= 4 is 18.0 Å². The van der Waals surface area contributed by atoms with Crippen LogP contribution in [0.3, 0.4) is 0 Å². The Kier molecular flexibility index (Phi) is 8.41. The molecule has 2 N–H and O–H groups in total. The van der Waals surface area contributed by atoms with Crippen molar-refractivity contribution < 1.29 is 23.9 Å². The number of benzene rings is 2. The minimum Gasteiger partial charge on any atom is -0.444 e. The molecule has 0 fully saturated rings. The molecule has 0 saturated carbocycles. The number of alkyl carbamates (subject to hydrolysis) is 1. The van der Waals surface area contributed by atoms with Gasteiger partial charge in [0, 0.05) is 25.1 Å². The van der Waals surface area contributed by atoms with Crippen LogP contribution in [-0.2, 0) is 11.2 Å². The van der Waals surface area contributed by atoms with Crippen LogP contribution in [0.25, 0.3) is 0 Å². The molecule has 0 saturated heterocycles. The van der Waals surface area contributed by atoms with Crippen molar-refractivity contribution in [2.24, 2.45) is 0 Å². The fourth-order valence-corrected chi connectivity index (χ4v) is 2.57. The highest BCUT2D eigenvalue weighted by Gasteiger charge is 2.16. The summed E-state index contributed by atoms with van der Waals surface area (Å²) in [5.41, 5.74) is 0.919. The fourth-order valence-electron chi connectivity index (χ4n) is 2.57. The van der Waals surface area contributed by atoms with Crippen LogP contribution in [0.2, 0.25) is 0 Å². The first kappa shape index (κ1) is 22.9. The van der Waals surface area contributed by atoms with E-state index in [4.69, 9.17) is 9.47 Å². The Bertz CT molecular complexity index is 859. The molecule has 0 aromatic heterocycles. The maximum absolute atomic E-state index is 12.3. The minimum atomic E-state index is -0.596. The molecule has 0 radical (unpaired) electrons. The van der Waals surface area contributed by atoms with Gasteiger partial charge in [0.1, 0.15) is 11.4 Å². The van der Waals surface area contributed by atoms with Gasteiger partial charge in [-0.25, -0.2) is 9.59 Å². The number of hydrogen-bond acceptors (Lipinski definition) is 5. The van der Waals surface area contributed by atoms with Crippen molar-refractivity contribution in [1.82, 2.24) is 10.6 Å². The van der Waals surface area contributed by atoms with E-state index in [9.17, 15) is 14.4 Å². The summed E-state index contributed by atoms with van der Waals surface area (Å²) in [5.74, 6) is 0.0964. The Labute approximate surface area is 176 Å². The van der Waals surface area contributed by atoms with Crippen molar-refractivity contribution in [3.63, 3.8) is 0 Å². The van der Waals surface area contributed by atoms with Crippen molar-refractivity contribution in [1.29, 1.82) is 0 Å². The molecule has 0 aliphatic rings. The third-order valence-corrected chi connectivity index (χ3v) is 3.91. The number of carbonyl (C=O) groups is 3. The van der Waals surface area contributed by atoms with Gasteiger partial charge in [0.2, 0.25) is 0 Å². The number of carbonyl (C=O) groups excluding carboxylic acids is 3. The Morgan fingerprint density at radius 3 is 2.27 bits per heavy atom. The highest BCUT2D eigenvalue weighted by molar-refractivity contribution is 5.96. The van der Waals surface area contributed by atoms with Gasteiger partial charge in [0.15, 0.2) is 5.78 Å². The number of amides is 2. The second-order valence-corrected chi connectivity index (χ2v) is 7.68. The van der Waals surface area contributed by atoms with E-state index in [1.165, 1.54) is 6.07 Å². The van der Waals surface area contributed by atoms with E-state index >= 15 is 0 Å². The van der Waals surface area contributed by atoms with Crippen molar-refractivity contribution in [3.05, 3.63) is 65.7 Å². The molecule has 0 unspecified atom stereocenters. The lowest BCUT2D eigenvalue weighted by atomic mass is 10.1. The summed E-state index contributed by atoms with van der Waals surface area (Å²) in [5, 5.41) is 5.23. The molecule has 30 heavy (non-hydrogen) atoms. The zero-order chi connectivity index (χ0) is 22.0. The van der Waals surface area contributed by atoms with Crippen LogP contribution in [0.1, 0.15) is 43.1 Å². The van der Waals surface area contributed by atoms with Crippen LogP contribution in [0.5, 0.6) is 5.75 Å². The molecule has 160 valence electrons. The van der Waals surface area contributed by atoms with Gasteiger partial charge < -0.3 is 20.1 Å². The summed E-state index contributed by atoms with van der Waals surface area (Å²) in [6.45, 7) is 5.89. The topological polar surface area (TPSA) is 93.7 Å². The van der Waals surface area contributed by atoms with Crippen LogP contribution < -0.4 is 15.4 Å². The normalized spacial score (nSPS) is 10.8. The molecule has 2 rings (SSSR count). The summed E-state index contributed by atoms with van der Waals surface area (Å²) in [6, 6.07) is 16.2. The second-order valence-electron chi connectivity index (χ2n) is 7.68. The summed E-state index contributed by atoms with van der Waals surface area (Å²) in [6.07, 6.45) is -0.355. The lowest BCUT2D eigenvalue weighted by molar-refractivity contribution is 0.0527. The predicted octanol–water partition coefficient (Wildman–Crippen LogP) is 4.12. The summed E-state index contributed by atoms with van der Waals surface area (Å²) in [7, 11) is 0. The van der Waals surface area contributed by atoms with Gasteiger partial charge >= 0.3 is 12.2 Å². The molecular weight excluding hydrogens is 384 g/mol. The molecule has 2 amide bonds. The van der Waals surface area contributed by atoms with E-state index in [0.717, 1.165) is 5.56 Å². The fraction of sp³-hybridized carbons (Fsp3) is 0.348. The van der Waals surface area contributed by atoms with Crippen molar-refractivity contribution in [3.8, 4) is 5.75 Å². The van der Waals surface area contributed by atoms with Crippen LogP contribution in [-0.4, -0.2) is 36.7 Å². The molecule has 7 heteroatoms. The molecule has 2 aromatic carbocycles. The van der Waals surface area contributed by atoms with Crippen molar-refractivity contribution in [2.45, 2.75) is 39.2 Å². The SMILES string of the molecule is CC(C)(C)OC(=O)NCCC(=O)c1cccc(OC(=O)NCCc2ccccc2)c1. The molecule has 7 nitrogen and oxygen atoms in total. The standard InChI is InChI=1S/C23H28N2O5/c1-23(2,3)30-22(28)25-15-13-20(26)18-10-7-11-19(16-18)29-21(27)24-14-12-17-8-5-4-6-9-17/h4-11,16H,12-15H2,1-3H3,(H,24,27)(H,25,28). The summed E-state index contributed by atoms with van der Waals surface area (Å²) >= 11 is 0.